The summed E-state index contributed by atoms with van der Waals surface area (Å²) in [6.07, 6.45) is 0. The molecule has 0 N–H and O–H groups in total. The Balaban J connectivity index is 0.00000240. The molecular weight excluding hydrogens is 411 g/mol. The number of carbonyl (C=O) groups is 1. The van der Waals surface area contributed by atoms with Gasteiger partial charge in [-0.15, -0.1) is 17.1 Å². The molecule has 0 bridgehead atoms. The Morgan fingerprint density at radius 2 is 1.48 bits per heavy atom. The third kappa shape index (κ3) is 4.43. The van der Waals surface area contributed by atoms with Gasteiger partial charge in [-0.1, -0.05) is 24.3 Å². The molecule has 1 aromatic heterocycles. The van der Waals surface area contributed by atoms with Crippen LogP contribution in [0.1, 0.15) is 15.9 Å². The van der Waals surface area contributed by atoms with E-state index in [9.17, 15) is 9.90 Å². The molecule has 6 heteroatoms. The van der Waals surface area contributed by atoms with Gasteiger partial charge in [0.15, 0.2) is 5.78 Å². The van der Waals surface area contributed by atoms with Gasteiger partial charge in [-0.25, -0.2) is 0 Å². The average Bonchev–Trinajstić information content (AvgIpc) is 3.12. The number of ether oxygens (including phenoxy) is 2. The van der Waals surface area contributed by atoms with Crippen LogP contribution in [-0.4, -0.2) is 20.0 Å². The Kier molecular flexibility index (Phi) is 7.16. The Hall–Kier alpha value is -1.67. The molecule has 0 aliphatic carbocycles. The number of hydrogen-bond donors (Lipinski definition) is 0. The average molecular weight is 429 g/mol. The molecular formula is C23H17KO4S. The first kappa shape index (κ1) is 22.0. The summed E-state index contributed by atoms with van der Waals surface area (Å²) >= 11 is 1.54. The van der Waals surface area contributed by atoms with E-state index in [1.807, 2.05) is 42.5 Å². The summed E-state index contributed by atoms with van der Waals surface area (Å²) in [5.74, 6) is 1.27. The molecule has 140 valence electrons. The maximum Gasteiger partial charge on any atom is 1.00 e. The van der Waals surface area contributed by atoms with E-state index in [2.05, 4.69) is 0 Å². The minimum Gasteiger partial charge on any atom is -0.872 e. The van der Waals surface area contributed by atoms with E-state index in [4.69, 9.17) is 9.47 Å². The molecule has 4 aromatic rings. The van der Waals surface area contributed by atoms with Crippen LogP contribution in [0.15, 0.2) is 66.7 Å². The first-order valence-electron chi connectivity index (χ1n) is 8.67. The van der Waals surface area contributed by atoms with Gasteiger partial charge in [0, 0.05) is 26.1 Å². The van der Waals surface area contributed by atoms with Crippen LogP contribution in [0.2, 0.25) is 0 Å². The number of rotatable bonds is 5. The second-order valence-electron chi connectivity index (χ2n) is 6.25. The SMILES string of the molecule is COc1ccc(-c2sc3cc(OC)ccc3c2C(=O)c2ccc([O-])cc2)cc1.[K+]. The van der Waals surface area contributed by atoms with Crippen molar-refractivity contribution in [2.24, 2.45) is 0 Å². The predicted molar refractivity (Wildman–Crippen MR) is 110 cm³/mol. The van der Waals surface area contributed by atoms with Crippen LogP contribution in [0.25, 0.3) is 20.5 Å². The Bertz CT molecular complexity index is 1150. The van der Waals surface area contributed by atoms with Crippen LogP contribution >= 0.6 is 11.3 Å². The van der Waals surface area contributed by atoms with Crippen molar-refractivity contribution in [3.63, 3.8) is 0 Å². The summed E-state index contributed by atoms with van der Waals surface area (Å²) in [4.78, 5) is 14.2. The van der Waals surface area contributed by atoms with Gasteiger partial charge >= 0.3 is 51.4 Å². The van der Waals surface area contributed by atoms with Crippen molar-refractivity contribution in [3.05, 3.63) is 77.9 Å². The number of hydrogen-bond acceptors (Lipinski definition) is 5. The van der Waals surface area contributed by atoms with E-state index in [1.54, 1.807) is 37.7 Å². The third-order valence-electron chi connectivity index (χ3n) is 4.59. The molecule has 0 amide bonds. The molecule has 0 radical (unpaired) electrons. The van der Waals surface area contributed by atoms with E-state index in [0.29, 0.717) is 11.1 Å². The second-order valence-corrected chi connectivity index (χ2v) is 7.30. The fourth-order valence-corrected chi connectivity index (χ4v) is 4.36. The normalized spacial score (nSPS) is 10.4. The fraction of sp³-hybridized carbons (Fsp3) is 0.0870. The molecule has 0 saturated heterocycles. The van der Waals surface area contributed by atoms with Crippen LogP contribution < -0.4 is 66.0 Å². The number of thiophene rings is 1. The van der Waals surface area contributed by atoms with Gasteiger partial charge in [0.2, 0.25) is 0 Å². The maximum absolute atomic E-state index is 13.4. The Morgan fingerprint density at radius 1 is 0.862 bits per heavy atom. The van der Waals surface area contributed by atoms with Gasteiger partial charge in [-0.2, -0.15) is 0 Å². The molecule has 0 unspecified atom stereocenters. The predicted octanol–water partition coefficient (Wildman–Crippen LogP) is 1.89. The van der Waals surface area contributed by atoms with Gasteiger partial charge in [-0.3, -0.25) is 4.79 Å². The Morgan fingerprint density at radius 3 is 2.10 bits per heavy atom. The smallest absolute Gasteiger partial charge is 0.872 e. The standard InChI is InChI=1S/C23H18O4S.K/c1-26-17-9-5-15(6-10-17)23-21(22(25)14-3-7-16(24)8-4-14)19-12-11-18(27-2)13-20(19)28-23;/h3-13,24H,1-2H3;/q;+1/p-1. The molecule has 0 aliphatic heterocycles. The van der Waals surface area contributed by atoms with Gasteiger partial charge in [0.05, 0.1) is 14.2 Å². The zero-order valence-corrected chi connectivity index (χ0v) is 20.3. The van der Waals surface area contributed by atoms with Crippen molar-refractivity contribution in [3.8, 4) is 27.7 Å². The molecule has 0 fully saturated rings. The van der Waals surface area contributed by atoms with Crippen molar-refractivity contribution < 1.29 is 70.8 Å². The quantitative estimate of drug-likeness (QED) is 0.360. The monoisotopic (exact) mass is 428 g/mol. The third-order valence-corrected chi connectivity index (χ3v) is 5.79. The number of ketones is 1. The molecule has 4 nitrogen and oxygen atoms in total. The minimum absolute atomic E-state index is 0. The molecule has 0 saturated carbocycles. The summed E-state index contributed by atoms with van der Waals surface area (Å²) in [6, 6.07) is 19.3. The van der Waals surface area contributed by atoms with E-state index in [1.165, 1.54) is 12.1 Å². The Labute approximate surface area is 215 Å². The topological polar surface area (TPSA) is 58.6 Å². The van der Waals surface area contributed by atoms with Crippen molar-refractivity contribution in [2.45, 2.75) is 0 Å². The van der Waals surface area contributed by atoms with E-state index >= 15 is 0 Å². The first-order chi connectivity index (χ1) is 13.6. The van der Waals surface area contributed by atoms with Crippen LogP contribution in [0.5, 0.6) is 17.2 Å². The fourth-order valence-electron chi connectivity index (χ4n) is 3.13. The molecule has 3 aromatic carbocycles. The summed E-state index contributed by atoms with van der Waals surface area (Å²) in [7, 11) is 3.24. The van der Waals surface area contributed by atoms with Crippen molar-refractivity contribution >= 4 is 27.2 Å². The molecule has 0 spiro atoms. The number of benzene rings is 3. The molecule has 0 aliphatic rings. The van der Waals surface area contributed by atoms with Crippen molar-refractivity contribution in [1.82, 2.24) is 0 Å². The maximum atomic E-state index is 13.4. The van der Waals surface area contributed by atoms with Crippen molar-refractivity contribution in [2.75, 3.05) is 14.2 Å². The minimum atomic E-state index is -0.119. The van der Waals surface area contributed by atoms with E-state index in [-0.39, 0.29) is 62.9 Å². The number of carbonyl (C=O) groups excluding carboxylic acids is 1. The summed E-state index contributed by atoms with van der Waals surface area (Å²) in [6.45, 7) is 0. The van der Waals surface area contributed by atoms with Crippen LogP contribution in [-0.2, 0) is 0 Å². The number of fused-ring (bicyclic) bond motifs is 1. The van der Waals surface area contributed by atoms with Crippen molar-refractivity contribution in [1.29, 1.82) is 0 Å². The van der Waals surface area contributed by atoms with Gasteiger partial charge in [0.1, 0.15) is 11.5 Å². The second kappa shape index (κ2) is 9.43. The summed E-state index contributed by atoms with van der Waals surface area (Å²) in [5, 5.41) is 12.3. The van der Waals surface area contributed by atoms with Gasteiger partial charge in [-0.05, 0) is 48.0 Å². The van der Waals surface area contributed by atoms with Crippen LogP contribution in [0, 0.1) is 0 Å². The molecule has 0 atom stereocenters. The molecule has 4 rings (SSSR count). The zero-order chi connectivity index (χ0) is 19.7. The van der Waals surface area contributed by atoms with Gasteiger partial charge < -0.3 is 14.6 Å². The molecule has 29 heavy (non-hydrogen) atoms. The summed E-state index contributed by atoms with van der Waals surface area (Å²) in [5.41, 5.74) is 2.06. The summed E-state index contributed by atoms with van der Waals surface area (Å²) < 4.78 is 11.5. The first-order valence-corrected chi connectivity index (χ1v) is 9.49. The van der Waals surface area contributed by atoms with Crippen LogP contribution in [0.3, 0.4) is 0 Å². The number of methoxy groups -OCH3 is 2. The van der Waals surface area contributed by atoms with E-state index in [0.717, 1.165) is 32.0 Å². The molecule has 1 heterocycles. The largest absolute Gasteiger partial charge is 1.00 e. The van der Waals surface area contributed by atoms with E-state index < -0.39 is 0 Å². The van der Waals surface area contributed by atoms with Gasteiger partial charge in [0.25, 0.3) is 0 Å². The van der Waals surface area contributed by atoms with Crippen LogP contribution in [0.4, 0.5) is 0 Å². The zero-order valence-electron chi connectivity index (χ0n) is 16.4.